The van der Waals surface area contributed by atoms with Gasteiger partial charge in [0.15, 0.2) is 5.78 Å². The third-order valence-electron chi connectivity index (χ3n) is 1.94. The van der Waals surface area contributed by atoms with Crippen molar-refractivity contribution in [2.24, 2.45) is 5.73 Å². The zero-order valence-electron chi connectivity index (χ0n) is 12.9. The van der Waals surface area contributed by atoms with Gasteiger partial charge < -0.3 is 5.73 Å². The Morgan fingerprint density at radius 1 is 0.952 bits per heavy atom. The third-order valence-corrected chi connectivity index (χ3v) is 2.79. The highest BCUT2D eigenvalue weighted by Gasteiger charge is 2.00. The Bertz CT molecular complexity index is 304. The molecule has 0 aliphatic rings. The molecule has 0 aromatic rings. The number of nitrogens with two attached hydrogens (primary N) is 1. The highest BCUT2D eigenvalue weighted by Crippen LogP contribution is 2.02. The average molecular weight is 359 g/mol. The smallest absolute Gasteiger partial charge is 0.247 e. The van der Waals surface area contributed by atoms with Crippen LogP contribution in [0.25, 0.3) is 0 Å². The summed E-state index contributed by atoms with van der Waals surface area (Å²) in [5, 5.41) is -0.463. The maximum Gasteiger partial charge on any atom is 0.247 e. The standard InChI is InChI=1S/C8H13ClO.C4H5ClO.C3H8ClN/c1-7(2)8(10)5-3-4-6-9;1-3(2)4(5)6;4-2-1-3-5/h1,3-6H2,2H3;1H2,2H3;1-3,5H2. The number of hydrogen-bond acceptors (Lipinski definition) is 3. The molecule has 0 spiro atoms. The van der Waals surface area contributed by atoms with Gasteiger partial charge in [0.1, 0.15) is 0 Å². The fraction of sp³-hybridized carbons (Fsp3) is 0.600. The SMILES string of the molecule is C=C(C)C(=O)CCCCCl.C=C(C)C(=O)Cl.NCCCCl. The fourth-order valence-electron chi connectivity index (χ4n) is 0.671. The first-order chi connectivity index (χ1) is 9.74. The number of rotatable bonds is 8. The van der Waals surface area contributed by atoms with Crippen LogP contribution in [0, 0.1) is 0 Å². The molecule has 6 heteroatoms. The molecule has 21 heavy (non-hydrogen) atoms. The average Bonchev–Trinajstić information content (AvgIpc) is 2.41. The number of halogens is 3. The maximum atomic E-state index is 10.9. The van der Waals surface area contributed by atoms with Crippen LogP contribution in [-0.4, -0.2) is 29.3 Å². The molecular formula is C15H26Cl3NO2. The van der Waals surface area contributed by atoms with Crippen molar-refractivity contribution < 1.29 is 9.59 Å². The lowest BCUT2D eigenvalue weighted by Gasteiger charge is -1.96. The minimum atomic E-state index is -0.463. The molecule has 0 aliphatic heterocycles. The molecule has 0 fully saturated rings. The summed E-state index contributed by atoms with van der Waals surface area (Å²) < 4.78 is 0. The second kappa shape index (κ2) is 19.7. The van der Waals surface area contributed by atoms with Gasteiger partial charge in [-0.1, -0.05) is 13.2 Å². The molecule has 0 aromatic heterocycles. The van der Waals surface area contributed by atoms with E-state index in [4.69, 9.17) is 40.5 Å². The largest absolute Gasteiger partial charge is 0.330 e. The maximum absolute atomic E-state index is 10.9. The van der Waals surface area contributed by atoms with Crippen LogP contribution >= 0.6 is 34.8 Å². The van der Waals surface area contributed by atoms with Crippen molar-refractivity contribution in [1.82, 2.24) is 0 Å². The first-order valence-electron chi connectivity index (χ1n) is 6.60. The summed E-state index contributed by atoms with van der Waals surface area (Å²) in [7, 11) is 0. The lowest BCUT2D eigenvalue weighted by molar-refractivity contribution is -0.115. The number of hydrogen-bond donors (Lipinski definition) is 1. The van der Waals surface area contributed by atoms with E-state index in [2.05, 4.69) is 13.2 Å². The molecule has 0 unspecified atom stereocenters. The van der Waals surface area contributed by atoms with E-state index in [1.807, 2.05) is 0 Å². The molecule has 0 aliphatic carbocycles. The molecule has 0 heterocycles. The van der Waals surface area contributed by atoms with E-state index >= 15 is 0 Å². The summed E-state index contributed by atoms with van der Waals surface area (Å²) >= 11 is 15.5. The second-order valence-electron chi connectivity index (χ2n) is 4.23. The van der Waals surface area contributed by atoms with Crippen molar-refractivity contribution in [2.75, 3.05) is 18.3 Å². The van der Waals surface area contributed by atoms with Crippen molar-refractivity contribution in [2.45, 2.75) is 39.5 Å². The third kappa shape index (κ3) is 28.5. The number of carbonyl (C=O) groups excluding carboxylic acids is 2. The van der Waals surface area contributed by atoms with E-state index in [1.165, 1.54) is 0 Å². The number of ketones is 1. The van der Waals surface area contributed by atoms with Gasteiger partial charge in [0.25, 0.3) is 0 Å². The molecule has 0 rings (SSSR count). The van der Waals surface area contributed by atoms with Gasteiger partial charge in [-0.2, -0.15) is 0 Å². The van der Waals surface area contributed by atoms with Crippen molar-refractivity contribution in [3.63, 3.8) is 0 Å². The molecule has 0 amide bonds. The van der Waals surface area contributed by atoms with Gasteiger partial charge in [0.05, 0.1) is 0 Å². The van der Waals surface area contributed by atoms with E-state index in [9.17, 15) is 9.59 Å². The van der Waals surface area contributed by atoms with Crippen molar-refractivity contribution in [3.8, 4) is 0 Å². The van der Waals surface area contributed by atoms with Gasteiger partial charge in [0.2, 0.25) is 5.24 Å². The van der Waals surface area contributed by atoms with Crippen LogP contribution in [0.2, 0.25) is 0 Å². The quantitative estimate of drug-likeness (QED) is 0.302. The normalized spacial score (nSPS) is 8.67. The molecule has 124 valence electrons. The van der Waals surface area contributed by atoms with Gasteiger partial charge in [-0.3, -0.25) is 9.59 Å². The number of allylic oxidation sites excluding steroid dienone is 2. The Labute approximate surface area is 143 Å². The van der Waals surface area contributed by atoms with Crippen LogP contribution in [0.1, 0.15) is 39.5 Å². The Kier molecular flexibility index (Phi) is 23.9. The monoisotopic (exact) mass is 357 g/mol. The minimum absolute atomic E-state index is 0.158. The molecule has 0 radical (unpaired) electrons. The minimum Gasteiger partial charge on any atom is -0.330 e. The molecule has 2 N–H and O–H groups in total. The zero-order chi connectivity index (χ0) is 17.3. The number of carbonyl (C=O) groups is 2. The van der Waals surface area contributed by atoms with Gasteiger partial charge in [-0.15, -0.1) is 23.2 Å². The molecule has 0 bridgehead atoms. The predicted octanol–water partition coefficient (Wildman–Crippen LogP) is 4.44. The summed E-state index contributed by atoms with van der Waals surface area (Å²) in [5.41, 5.74) is 6.09. The highest BCUT2D eigenvalue weighted by atomic mass is 35.5. The summed E-state index contributed by atoms with van der Waals surface area (Å²) in [6.07, 6.45) is 3.33. The van der Waals surface area contributed by atoms with Crippen molar-refractivity contribution in [1.29, 1.82) is 0 Å². The first-order valence-corrected chi connectivity index (χ1v) is 8.05. The van der Waals surface area contributed by atoms with E-state index in [0.29, 0.717) is 35.9 Å². The first kappa shape index (κ1) is 25.6. The van der Waals surface area contributed by atoms with Gasteiger partial charge >= 0.3 is 0 Å². The Hall–Kier alpha value is -0.350. The van der Waals surface area contributed by atoms with Crippen LogP contribution in [0.4, 0.5) is 0 Å². The molecule has 0 atom stereocenters. The van der Waals surface area contributed by atoms with E-state index < -0.39 is 5.24 Å². The Morgan fingerprint density at radius 3 is 1.57 bits per heavy atom. The lowest BCUT2D eigenvalue weighted by Crippen LogP contribution is -1.97. The Balaban J connectivity index is -0.000000252. The van der Waals surface area contributed by atoms with Crippen LogP contribution in [0.5, 0.6) is 0 Å². The molecule has 0 saturated carbocycles. The Morgan fingerprint density at radius 2 is 1.38 bits per heavy atom. The van der Waals surface area contributed by atoms with Gasteiger partial charge in [-0.05, 0) is 56.8 Å². The van der Waals surface area contributed by atoms with Gasteiger partial charge in [0, 0.05) is 23.8 Å². The zero-order valence-corrected chi connectivity index (χ0v) is 15.2. The van der Waals surface area contributed by atoms with Crippen LogP contribution in [0.3, 0.4) is 0 Å². The van der Waals surface area contributed by atoms with Crippen molar-refractivity contribution in [3.05, 3.63) is 24.3 Å². The van der Waals surface area contributed by atoms with Gasteiger partial charge in [-0.25, -0.2) is 0 Å². The highest BCUT2D eigenvalue weighted by molar-refractivity contribution is 6.67. The van der Waals surface area contributed by atoms with Crippen LogP contribution in [0.15, 0.2) is 24.3 Å². The van der Waals surface area contributed by atoms with Crippen LogP contribution in [-0.2, 0) is 9.59 Å². The predicted molar refractivity (Wildman–Crippen MR) is 94.5 cm³/mol. The van der Waals surface area contributed by atoms with Crippen LogP contribution < -0.4 is 5.73 Å². The summed E-state index contributed by atoms with van der Waals surface area (Å²) in [6.45, 7) is 10.8. The van der Waals surface area contributed by atoms with E-state index in [1.54, 1.807) is 13.8 Å². The lowest BCUT2D eigenvalue weighted by atomic mass is 10.1. The van der Waals surface area contributed by atoms with E-state index in [-0.39, 0.29) is 5.78 Å². The number of unbranched alkanes of at least 4 members (excludes halogenated alkanes) is 1. The fourth-order valence-corrected chi connectivity index (χ4v) is 1.01. The summed E-state index contributed by atoms with van der Waals surface area (Å²) in [4.78, 5) is 20.7. The van der Waals surface area contributed by atoms with E-state index in [0.717, 1.165) is 19.3 Å². The summed E-state index contributed by atoms with van der Waals surface area (Å²) in [5.74, 6) is 1.49. The second-order valence-corrected chi connectivity index (χ2v) is 5.33. The van der Waals surface area contributed by atoms with Crippen molar-refractivity contribution >= 4 is 45.8 Å². The summed E-state index contributed by atoms with van der Waals surface area (Å²) in [6, 6.07) is 0. The number of Topliss-reactive ketones (excluding diaryl/α,β-unsaturated/α-hetero) is 1. The molecule has 3 nitrogen and oxygen atoms in total. The molecule has 0 aromatic carbocycles. The molecule has 0 saturated heterocycles. The molecular weight excluding hydrogens is 333 g/mol. The topological polar surface area (TPSA) is 60.2 Å². The number of alkyl halides is 2.